The number of anilines is 1. The number of aryl methyl sites for hydroxylation is 1. The van der Waals surface area contributed by atoms with E-state index in [0.29, 0.717) is 30.0 Å². The minimum absolute atomic E-state index is 0.0356. The highest BCUT2D eigenvalue weighted by molar-refractivity contribution is 6.01. The van der Waals surface area contributed by atoms with Gasteiger partial charge in [-0.2, -0.15) is 5.10 Å². The van der Waals surface area contributed by atoms with Gasteiger partial charge >= 0.3 is 0 Å². The molecule has 236 valence electrons. The molecule has 0 bridgehead atoms. The van der Waals surface area contributed by atoms with Crippen molar-refractivity contribution in [3.63, 3.8) is 0 Å². The maximum Gasteiger partial charge on any atom is 0.270 e. The van der Waals surface area contributed by atoms with E-state index in [2.05, 4.69) is 25.9 Å². The first kappa shape index (κ1) is 29.5. The van der Waals surface area contributed by atoms with Gasteiger partial charge in [0.05, 0.1) is 18.2 Å². The summed E-state index contributed by atoms with van der Waals surface area (Å²) < 4.78 is 1.70. The van der Waals surface area contributed by atoms with Gasteiger partial charge in [0.2, 0.25) is 11.8 Å². The first-order chi connectivity index (χ1) is 21.3. The number of fused-ring (bicyclic) bond motifs is 1. The molecular formula is C34H46N6O4. The van der Waals surface area contributed by atoms with Crippen LogP contribution in [-0.4, -0.2) is 68.8 Å². The van der Waals surface area contributed by atoms with E-state index in [0.717, 1.165) is 81.1 Å². The molecule has 1 aromatic carbocycles. The van der Waals surface area contributed by atoms with Crippen LogP contribution in [0.5, 0.6) is 0 Å². The highest BCUT2D eigenvalue weighted by atomic mass is 16.3. The first-order valence-corrected chi connectivity index (χ1v) is 16.8. The van der Waals surface area contributed by atoms with Gasteiger partial charge in [-0.1, -0.05) is 6.07 Å². The molecule has 5 aliphatic rings. The Labute approximate surface area is 259 Å². The average molecular weight is 603 g/mol. The lowest BCUT2D eigenvalue weighted by Crippen LogP contribution is -2.50. The van der Waals surface area contributed by atoms with Crippen LogP contribution in [0.3, 0.4) is 0 Å². The zero-order valence-electron chi connectivity index (χ0n) is 25.9. The van der Waals surface area contributed by atoms with Gasteiger partial charge < -0.3 is 21.1 Å². The summed E-state index contributed by atoms with van der Waals surface area (Å²) >= 11 is 0. The number of aliphatic hydroxyl groups excluding tert-OH is 1. The molecule has 4 N–H and O–H groups in total. The van der Waals surface area contributed by atoms with Crippen molar-refractivity contribution in [2.24, 2.45) is 23.7 Å². The molecule has 1 aliphatic heterocycles. The number of nitrogens with one attached hydrogen (secondary N) is 3. The van der Waals surface area contributed by atoms with Crippen LogP contribution in [0.15, 0.2) is 30.5 Å². The van der Waals surface area contributed by atoms with E-state index in [1.165, 1.54) is 0 Å². The minimum atomic E-state index is -0.609. The predicted molar refractivity (Wildman–Crippen MR) is 166 cm³/mol. The van der Waals surface area contributed by atoms with E-state index < -0.39 is 6.04 Å². The summed E-state index contributed by atoms with van der Waals surface area (Å²) in [6.07, 6.45) is 10.2. The number of benzene rings is 1. The van der Waals surface area contributed by atoms with Crippen molar-refractivity contribution in [3.8, 4) is 0 Å². The fraction of sp³-hybridized carbons (Fsp3) is 0.647. The number of carbonyl (C=O) groups excluding carboxylic acids is 3. The van der Waals surface area contributed by atoms with Crippen molar-refractivity contribution < 1.29 is 19.5 Å². The topological polar surface area (TPSA) is 129 Å². The molecule has 0 radical (unpaired) electrons. The summed E-state index contributed by atoms with van der Waals surface area (Å²) in [6, 6.07) is 6.91. The highest BCUT2D eigenvalue weighted by Gasteiger charge is 2.48. The number of nitrogens with zero attached hydrogens (tertiary/aromatic N) is 3. The Kier molecular flexibility index (Phi) is 7.99. The maximum atomic E-state index is 13.9. The summed E-state index contributed by atoms with van der Waals surface area (Å²) in [4.78, 5) is 43.0. The van der Waals surface area contributed by atoms with Gasteiger partial charge in [-0.05, 0) is 125 Å². The van der Waals surface area contributed by atoms with Crippen LogP contribution >= 0.6 is 0 Å². The zero-order chi connectivity index (χ0) is 30.5. The van der Waals surface area contributed by atoms with E-state index in [-0.39, 0.29) is 47.9 Å². The summed E-state index contributed by atoms with van der Waals surface area (Å²) in [7, 11) is 0. The molecular weight excluding hydrogens is 556 g/mol. The molecule has 0 spiro atoms. The average Bonchev–Trinajstić information content (AvgIpc) is 3.95. The van der Waals surface area contributed by atoms with Crippen LogP contribution < -0.4 is 16.0 Å². The third-order valence-corrected chi connectivity index (χ3v) is 10.4. The Bertz CT molecular complexity index is 1400. The number of aromatic nitrogens is 2. The smallest absolute Gasteiger partial charge is 0.270 e. The van der Waals surface area contributed by atoms with Gasteiger partial charge in [-0.3, -0.25) is 24.0 Å². The van der Waals surface area contributed by atoms with E-state index >= 15 is 0 Å². The third-order valence-electron chi connectivity index (χ3n) is 10.4. The van der Waals surface area contributed by atoms with Crippen molar-refractivity contribution >= 4 is 23.4 Å². The van der Waals surface area contributed by atoms with Crippen LogP contribution in [0.4, 0.5) is 5.69 Å². The fourth-order valence-electron chi connectivity index (χ4n) is 7.78. The van der Waals surface area contributed by atoms with Crippen LogP contribution in [-0.2, 0) is 16.0 Å². The molecule has 10 nitrogen and oxygen atoms in total. The van der Waals surface area contributed by atoms with E-state index in [1.54, 1.807) is 16.9 Å². The second-order valence-corrected chi connectivity index (χ2v) is 14.2. The van der Waals surface area contributed by atoms with Gasteiger partial charge in [-0.25, -0.2) is 0 Å². The molecule has 10 heteroatoms. The molecule has 4 aliphatic carbocycles. The van der Waals surface area contributed by atoms with Crippen LogP contribution in [0, 0.1) is 23.7 Å². The van der Waals surface area contributed by atoms with E-state index in [1.807, 2.05) is 32.0 Å². The van der Waals surface area contributed by atoms with Gasteiger partial charge in [0, 0.05) is 31.0 Å². The number of carbonyl (C=O) groups is 3. The van der Waals surface area contributed by atoms with Gasteiger partial charge in [0.15, 0.2) is 0 Å². The Hall–Kier alpha value is -3.24. The molecule has 1 aromatic heterocycles. The molecule has 3 saturated carbocycles. The Balaban J connectivity index is 1.04. The molecule has 7 rings (SSSR count). The van der Waals surface area contributed by atoms with Crippen molar-refractivity contribution in [3.05, 3.63) is 47.3 Å². The van der Waals surface area contributed by atoms with Crippen LogP contribution in [0.2, 0.25) is 0 Å². The molecule has 4 atom stereocenters. The van der Waals surface area contributed by atoms with Gasteiger partial charge in [-0.15, -0.1) is 0 Å². The summed E-state index contributed by atoms with van der Waals surface area (Å²) in [6.45, 7) is 5.31. The van der Waals surface area contributed by atoms with Crippen molar-refractivity contribution in [2.75, 3.05) is 18.4 Å². The standard InChI is InChI=1S/C34H46N6O4/c1-19(2)40-28(13-15-35-40)32(42)38-30(29(20-3-4-20)21-5-6-21)33(43)36-24-10-11-26-23(17-24)9-12-27(26)37-34(44)31(22-7-8-22)39-16-14-25(41)18-39/h10-11,13,15,17,19-22,25,27,29-31,41H,3-9,12,14,16,18H2,1-2H3,(H,36,43)(H,37,44)(H,38,42)/t25-,27+,30-,31?/m0/s1. The quantitative estimate of drug-likeness (QED) is 0.294. The summed E-state index contributed by atoms with van der Waals surface area (Å²) in [5.74, 6) is 1.11. The molecule has 1 saturated heterocycles. The molecule has 2 aromatic rings. The number of rotatable bonds is 12. The van der Waals surface area contributed by atoms with Crippen molar-refractivity contribution in [1.29, 1.82) is 0 Å². The maximum absolute atomic E-state index is 13.9. The highest BCUT2D eigenvalue weighted by Crippen LogP contribution is 2.51. The summed E-state index contributed by atoms with van der Waals surface area (Å²) in [5.41, 5.74) is 3.43. The minimum Gasteiger partial charge on any atom is -0.392 e. The SMILES string of the molecule is CC(C)n1nccc1C(=O)N[C@H](C(=O)Nc1ccc2c(c1)CC[C@H]2NC(=O)C(C1CC1)N1CC[C@H](O)C1)C(C1CC1)C1CC1. The summed E-state index contributed by atoms with van der Waals surface area (Å²) in [5, 5.41) is 24.0. The monoisotopic (exact) mass is 602 g/mol. The largest absolute Gasteiger partial charge is 0.392 e. The zero-order valence-corrected chi connectivity index (χ0v) is 25.9. The van der Waals surface area contributed by atoms with Crippen molar-refractivity contribution in [1.82, 2.24) is 25.3 Å². The molecule has 44 heavy (non-hydrogen) atoms. The number of hydrogen-bond acceptors (Lipinski definition) is 6. The number of amides is 3. The fourth-order valence-corrected chi connectivity index (χ4v) is 7.78. The van der Waals surface area contributed by atoms with E-state index in [4.69, 9.17) is 0 Å². The number of aliphatic hydroxyl groups is 1. The Morgan fingerprint density at radius 3 is 2.30 bits per heavy atom. The molecule has 3 amide bonds. The lowest BCUT2D eigenvalue weighted by Gasteiger charge is -2.28. The van der Waals surface area contributed by atoms with Crippen LogP contribution in [0.25, 0.3) is 0 Å². The molecule has 2 heterocycles. The lowest BCUT2D eigenvalue weighted by molar-refractivity contribution is -0.127. The van der Waals surface area contributed by atoms with Gasteiger partial charge in [0.25, 0.3) is 5.91 Å². The second kappa shape index (κ2) is 11.9. The number of β-amino-alcohol motifs (C(OH)–C–C–N with tert-alkyl or cyclic N) is 1. The Morgan fingerprint density at radius 1 is 0.932 bits per heavy atom. The number of likely N-dealkylation sites (tertiary alicyclic amines) is 1. The predicted octanol–water partition coefficient (Wildman–Crippen LogP) is 3.59. The van der Waals surface area contributed by atoms with Crippen LogP contribution in [0.1, 0.15) is 98.9 Å². The first-order valence-electron chi connectivity index (χ1n) is 16.8. The third kappa shape index (κ3) is 6.15. The molecule has 4 fully saturated rings. The second-order valence-electron chi connectivity index (χ2n) is 14.2. The van der Waals surface area contributed by atoms with Crippen molar-refractivity contribution in [2.45, 2.75) is 102 Å². The van der Waals surface area contributed by atoms with E-state index in [9.17, 15) is 19.5 Å². The van der Waals surface area contributed by atoms with Gasteiger partial charge in [0.1, 0.15) is 11.7 Å². The molecule has 1 unspecified atom stereocenters. The lowest BCUT2D eigenvalue weighted by atomic mass is 9.88. The Morgan fingerprint density at radius 2 is 1.66 bits per heavy atom. The number of hydrogen-bond donors (Lipinski definition) is 4. The normalized spacial score (nSPS) is 24.8.